The van der Waals surface area contributed by atoms with Crippen LogP contribution in [0.1, 0.15) is 25.7 Å². The third-order valence-corrected chi connectivity index (χ3v) is 6.85. The Kier molecular flexibility index (Phi) is 5.51. The van der Waals surface area contributed by atoms with Crippen molar-refractivity contribution in [2.45, 2.75) is 32.2 Å². The fraction of sp³-hybridized carbons (Fsp3) is 0.308. The summed E-state index contributed by atoms with van der Waals surface area (Å²) in [5.41, 5.74) is 7.58. The number of rotatable bonds is 4. The molecule has 4 nitrogen and oxygen atoms in total. The average Bonchev–Trinajstić information content (AvgIpc) is 2.80. The van der Waals surface area contributed by atoms with Crippen LogP contribution < -0.4 is 11.3 Å². The van der Waals surface area contributed by atoms with Crippen LogP contribution in [-0.4, -0.2) is 16.1 Å². The van der Waals surface area contributed by atoms with Crippen LogP contribution >= 0.6 is 11.6 Å². The molecule has 1 aromatic heterocycles. The van der Waals surface area contributed by atoms with Gasteiger partial charge in [0.05, 0.1) is 10.9 Å². The van der Waals surface area contributed by atoms with Gasteiger partial charge in [-0.3, -0.25) is 9.36 Å². The number of fused-ring (bicyclic) bond motifs is 2. The van der Waals surface area contributed by atoms with Gasteiger partial charge in [-0.15, -0.1) is 0 Å². The van der Waals surface area contributed by atoms with E-state index in [9.17, 15) is 4.79 Å². The molecule has 31 heavy (non-hydrogen) atoms. The number of nitrogens with two attached hydrogens (primary N) is 1. The van der Waals surface area contributed by atoms with Crippen LogP contribution in [0.15, 0.2) is 65.5 Å². The zero-order valence-electron chi connectivity index (χ0n) is 17.4. The van der Waals surface area contributed by atoms with E-state index in [2.05, 4.69) is 24.3 Å². The molecule has 0 amide bonds. The molecule has 1 heterocycles. The fourth-order valence-corrected chi connectivity index (χ4v) is 5.20. The molecule has 0 aliphatic heterocycles. The standard InChI is InChI=1S/C26H26ClN3O/c27-20-11-12-23-24(14-20)29-25(22-10-4-8-19-7-1-2-9-21(19)22)30(26(23)31)16-18-6-3-5-17(13-18)15-28/h1-2,4,7-12,14,17-18H,3,5-6,13,15-16,28H2. The zero-order chi connectivity index (χ0) is 21.4. The van der Waals surface area contributed by atoms with Crippen LogP contribution in [0.25, 0.3) is 33.1 Å². The molecule has 2 N–H and O–H groups in total. The van der Waals surface area contributed by atoms with E-state index in [-0.39, 0.29) is 5.56 Å². The van der Waals surface area contributed by atoms with Crippen molar-refractivity contribution in [2.75, 3.05) is 6.54 Å². The minimum atomic E-state index is -0.000488. The molecule has 1 fully saturated rings. The smallest absolute Gasteiger partial charge is 0.261 e. The molecule has 5 heteroatoms. The van der Waals surface area contributed by atoms with E-state index in [0.29, 0.717) is 40.1 Å². The van der Waals surface area contributed by atoms with Crippen molar-refractivity contribution < 1.29 is 0 Å². The Balaban J connectivity index is 1.72. The minimum absolute atomic E-state index is 0.000488. The van der Waals surface area contributed by atoms with Gasteiger partial charge in [0.1, 0.15) is 5.82 Å². The Bertz CT molecular complexity index is 1310. The highest BCUT2D eigenvalue weighted by atomic mass is 35.5. The molecule has 0 spiro atoms. The fourth-order valence-electron chi connectivity index (χ4n) is 5.03. The molecule has 158 valence electrons. The van der Waals surface area contributed by atoms with Crippen molar-refractivity contribution >= 4 is 33.3 Å². The number of benzene rings is 3. The van der Waals surface area contributed by atoms with E-state index in [0.717, 1.165) is 35.7 Å². The normalized spacial score (nSPS) is 19.2. The lowest BCUT2D eigenvalue weighted by Gasteiger charge is -2.29. The topological polar surface area (TPSA) is 60.9 Å². The maximum atomic E-state index is 13.6. The maximum absolute atomic E-state index is 13.6. The van der Waals surface area contributed by atoms with Gasteiger partial charge in [0.25, 0.3) is 5.56 Å². The van der Waals surface area contributed by atoms with Gasteiger partial charge in [-0.05, 0) is 66.6 Å². The summed E-state index contributed by atoms with van der Waals surface area (Å²) in [6.45, 7) is 1.38. The Labute approximate surface area is 186 Å². The van der Waals surface area contributed by atoms with Gasteiger partial charge in [-0.25, -0.2) is 4.98 Å². The second kappa shape index (κ2) is 8.45. The van der Waals surface area contributed by atoms with Crippen molar-refractivity contribution in [3.63, 3.8) is 0 Å². The third kappa shape index (κ3) is 3.86. The lowest BCUT2D eigenvalue weighted by molar-refractivity contribution is 0.246. The van der Waals surface area contributed by atoms with E-state index in [1.54, 1.807) is 18.2 Å². The highest BCUT2D eigenvalue weighted by Gasteiger charge is 2.24. The summed E-state index contributed by atoms with van der Waals surface area (Å²) < 4.78 is 1.89. The van der Waals surface area contributed by atoms with E-state index >= 15 is 0 Å². The van der Waals surface area contributed by atoms with Gasteiger partial charge < -0.3 is 5.73 Å². The Hall–Kier alpha value is -2.69. The second-order valence-electron chi connectivity index (χ2n) is 8.67. The van der Waals surface area contributed by atoms with Gasteiger partial charge >= 0.3 is 0 Å². The van der Waals surface area contributed by atoms with Crippen LogP contribution in [0.4, 0.5) is 0 Å². The van der Waals surface area contributed by atoms with Crippen molar-refractivity contribution in [2.24, 2.45) is 17.6 Å². The molecule has 1 aliphatic carbocycles. The predicted octanol–water partition coefficient (Wildman–Crippen LogP) is 5.64. The van der Waals surface area contributed by atoms with E-state index in [1.165, 1.54) is 12.8 Å². The molecule has 2 atom stereocenters. The first-order valence-corrected chi connectivity index (χ1v) is 11.4. The van der Waals surface area contributed by atoms with Crippen LogP contribution in [-0.2, 0) is 6.54 Å². The van der Waals surface area contributed by atoms with E-state index in [4.69, 9.17) is 22.3 Å². The summed E-state index contributed by atoms with van der Waals surface area (Å²) in [6.07, 6.45) is 4.54. The molecule has 1 saturated carbocycles. The van der Waals surface area contributed by atoms with Crippen molar-refractivity contribution in [3.05, 3.63) is 76.0 Å². The summed E-state index contributed by atoms with van der Waals surface area (Å²) in [6, 6.07) is 19.7. The predicted molar refractivity (Wildman–Crippen MR) is 128 cm³/mol. The van der Waals surface area contributed by atoms with Crippen LogP contribution in [0.2, 0.25) is 5.02 Å². The van der Waals surface area contributed by atoms with Crippen molar-refractivity contribution in [1.29, 1.82) is 0 Å². The molecule has 0 bridgehead atoms. The number of nitrogens with zero attached hydrogens (tertiary/aromatic N) is 2. The summed E-state index contributed by atoms with van der Waals surface area (Å²) in [4.78, 5) is 18.6. The van der Waals surface area contributed by atoms with Crippen LogP contribution in [0.5, 0.6) is 0 Å². The van der Waals surface area contributed by atoms with Crippen LogP contribution in [0.3, 0.4) is 0 Å². The number of hydrogen-bond donors (Lipinski definition) is 1. The number of halogens is 1. The quantitative estimate of drug-likeness (QED) is 0.455. The van der Waals surface area contributed by atoms with Crippen LogP contribution in [0, 0.1) is 11.8 Å². The zero-order valence-corrected chi connectivity index (χ0v) is 18.2. The number of aromatic nitrogens is 2. The Morgan fingerprint density at radius 2 is 1.81 bits per heavy atom. The molecule has 0 saturated heterocycles. The second-order valence-corrected chi connectivity index (χ2v) is 9.11. The maximum Gasteiger partial charge on any atom is 0.261 e. The molecule has 3 aromatic carbocycles. The molecular weight excluding hydrogens is 406 g/mol. The summed E-state index contributed by atoms with van der Waals surface area (Å²) in [5, 5.41) is 3.42. The van der Waals surface area contributed by atoms with Crippen molar-refractivity contribution in [3.8, 4) is 11.4 Å². The molecule has 1 aliphatic rings. The first kappa shape index (κ1) is 20.2. The number of hydrogen-bond acceptors (Lipinski definition) is 3. The third-order valence-electron chi connectivity index (χ3n) is 6.61. The monoisotopic (exact) mass is 431 g/mol. The highest BCUT2D eigenvalue weighted by molar-refractivity contribution is 6.31. The molecular formula is C26H26ClN3O. The summed E-state index contributed by atoms with van der Waals surface area (Å²) >= 11 is 6.23. The Morgan fingerprint density at radius 3 is 2.68 bits per heavy atom. The van der Waals surface area contributed by atoms with E-state index < -0.39 is 0 Å². The minimum Gasteiger partial charge on any atom is -0.330 e. The summed E-state index contributed by atoms with van der Waals surface area (Å²) in [5.74, 6) is 1.69. The lowest BCUT2D eigenvalue weighted by Crippen LogP contribution is -2.30. The van der Waals surface area contributed by atoms with Gasteiger partial charge in [-0.2, -0.15) is 0 Å². The first-order valence-electron chi connectivity index (χ1n) is 11.0. The average molecular weight is 432 g/mol. The molecule has 4 aromatic rings. The van der Waals surface area contributed by atoms with Gasteiger partial charge in [-0.1, -0.05) is 60.5 Å². The SMILES string of the molecule is NCC1CCCC(Cn2c(-c3cccc4ccccc34)nc3cc(Cl)ccc3c2=O)C1. The van der Waals surface area contributed by atoms with Gasteiger partial charge in [0.15, 0.2) is 0 Å². The Morgan fingerprint density at radius 1 is 1.00 bits per heavy atom. The lowest BCUT2D eigenvalue weighted by atomic mass is 9.81. The van der Waals surface area contributed by atoms with E-state index in [1.807, 2.05) is 22.8 Å². The molecule has 5 rings (SSSR count). The summed E-state index contributed by atoms with van der Waals surface area (Å²) in [7, 11) is 0. The van der Waals surface area contributed by atoms with Gasteiger partial charge in [0, 0.05) is 17.1 Å². The van der Waals surface area contributed by atoms with Gasteiger partial charge in [0.2, 0.25) is 0 Å². The van der Waals surface area contributed by atoms with Crippen molar-refractivity contribution in [1.82, 2.24) is 9.55 Å². The molecule has 2 unspecified atom stereocenters. The highest BCUT2D eigenvalue weighted by Crippen LogP contribution is 2.32. The molecule has 0 radical (unpaired) electrons. The largest absolute Gasteiger partial charge is 0.330 e. The first-order chi connectivity index (χ1) is 15.1.